The van der Waals surface area contributed by atoms with Crippen molar-refractivity contribution in [3.63, 3.8) is 0 Å². The first-order chi connectivity index (χ1) is 12.5. The van der Waals surface area contributed by atoms with Crippen LogP contribution in [0.1, 0.15) is 36.9 Å². The third-order valence-corrected chi connectivity index (χ3v) is 5.37. The standard InChI is InChI=1S/C20H22N2O3S/c1-3-8-15-21-19-18(20(25)22(15)12-7-11-16(23)24)17(13(2)26-19)14-9-5-4-6-10-14/h4-6,9-10H,3,7-8,11-12H2,1-2H3,(H,23,24). The van der Waals surface area contributed by atoms with Crippen LogP contribution in [0.15, 0.2) is 35.1 Å². The fraction of sp³-hybridized carbons (Fsp3) is 0.350. The van der Waals surface area contributed by atoms with E-state index in [-0.39, 0.29) is 12.0 Å². The summed E-state index contributed by atoms with van der Waals surface area (Å²) in [6, 6.07) is 9.88. The van der Waals surface area contributed by atoms with E-state index in [1.54, 1.807) is 15.9 Å². The van der Waals surface area contributed by atoms with Crippen LogP contribution in [-0.2, 0) is 17.8 Å². The van der Waals surface area contributed by atoms with Gasteiger partial charge in [-0.05, 0) is 25.3 Å². The number of carbonyl (C=O) groups is 1. The largest absolute Gasteiger partial charge is 0.481 e. The average molecular weight is 370 g/mol. The van der Waals surface area contributed by atoms with Gasteiger partial charge in [0, 0.05) is 29.8 Å². The molecule has 3 rings (SSSR count). The van der Waals surface area contributed by atoms with Crippen molar-refractivity contribution in [3.8, 4) is 11.1 Å². The van der Waals surface area contributed by atoms with Gasteiger partial charge < -0.3 is 5.11 Å². The number of rotatable bonds is 7. The van der Waals surface area contributed by atoms with Crippen LogP contribution in [0.3, 0.4) is 0 Å². The first-order valence-electron chi connectivity index (χ1n) is 8.83. The molecule has 0 aliphatic carbocycles. The fourth-order valence-corrected chi connectivity index (χ4v) is 4.28. The Balaban J connectivity index is 2.18. The molecule has 26 heavy (non-hydrogen) atoms. The summed E-state index contributed by atoms with van der Waals surface area (Å²) in [4.78, 5) is 30.7. The number of thiophene rings is 1. The Morgan fingerprint density at radius 3 is 2.65 bits per heavy atom. The van der Waals surface area contributed by atoms with Crippen molar-refractivity contribution >= 4 is 27.5 Å². The predicted octanol–water partition coefficient (Wildman–Crippen LogP) is 4.25. The molecule has 0 atom stereocenters. The predicted molar refractivity (Wildman–Crippen MR) is 105 cm³/mol. The van der Waals surface area contributed by atoms with Crippen LogP contribution in [0.5, 0.6) is 0 Å². The van der Waals surface area contributed by atoms with E-state index >= 15 is 0 Å². The molecule has 0 amide bonds. The minimum Gasteiger partial charge on any atom is -0.481 e. The SMILES string of the molecule is CCCc1nc2sc(C)c(-c3ccccc3)c2c(=O)n1CCCC(=O)O. The van der Waals surface area contributed by atoms with E-state index in [9.17, 15) is 9.59 Å². The molecule has 2 aromatic heterocycles. The maximum atomic E-state index is 13.3. The number of benzene rings is 1. The summed E-state index contributed by atoms with van der Waals surface area (Å²) in [5.41, 5.74) is 1.89. The van der Waals surface area contributed by atoms with Gasteiger partial charge in [-0.2, -0.15) is 0 Å². The van der Waals surface area contributed by atoms with Crippen molar-refractivity contribution in [2.45, 2.75) is 46.1 Å². The van der Waals surface area contributed by atoms with Crippen LogP contribution >= 0.6 is 11.3 Å². The molecule has 0 bridgehead atoms. The molecule has 0 spiro atoms. The molecule has 0 fully saturated rings. The van der Waals surface area contributed by atoms with E-state index in [1.807, 2.05) is 44.2 Å². The van der Waals surface area contributed by atoms with Gasteiger partial charge in [0.05, 0.1) is 5.39 Å². The monoisotopic (exact) mass is 370 g/mol. The van der Waals surface area contributed by atoms with Gasteiger partial charge in [-0.1, -0.05) is 37.3 Å². The van der Waals surface area contributed by atoms with Crippen molar-refractivity contribution in [2.24, 2.45) is 0 Å². The molecule has 6 heteroatoms. The fourth-order valence-electron chi connectivity index (χ4n) is 3.22. The zero-order valence-corrected chi connectivity index (χ0v) is 15.8. The smallest absolute Gasteiger partial charge is 0.303 e. The molecule has 0 aliphatic heterocycles. The molecule has 3 aromatic rings. The lowest BCUT2D eigenvalue weighted by Crippen LogP contribution is -2.25. The quantitative estimate of drug-likeness (QED) is 0.675. The van der Waals surface area contributed by atoms with E-state index in [4.69, 9.17) is 10.1 Å². The highest BCUT2D eigenvalue weighted by Crippen LogP contribution is 2.35. The van der Waals surface area contributed by atoms with Crippen LogP contribution in [0, 0.1) is 6.92 Å². The van der Waals surface area contributed by atoms with Crippen LogP contribution < -0.4 is 5.56 Å². The Morgan fingerprint density at radius 1 is 1.27 bits per heavy atom. The molecule has 1 aromatic carbocycles. The lowest BCUT2D eigenvalue weighted by Gasteiger charge is -2.12. The van der Waals surface area contributed by atoms with Crippen molar-refractivity contribution in [1.82, 2.24) is 9.55 Å². The summed E-state index contributed by atoms with van der Waals surface area (Å²) in [7, 11) is 0. The van der Waals surface area contributed by atoms with Gasteiger partial charge in [0.15, 0.2) is 0 Å². The highest BCUT2D eigenvalue weighted by molar-refractivity contribution is 7.19. The van der Waals surface area contributed by atoms with Gasteiger partial charge in [0.25, 0.3) is 5.56 Å². The highest BCUT2D eigenvalue weighted by Gasteiger charge is 2.19. The second kappa shape index (κ2) is 7.83. The molecule has 0 aliphatic rings. The normalized spacial score (nSPS) is 11.2. The van der Waals surface area contributed by atoms with Crippen LogP contribution in [0.2, 0.25) is 0 Å². The first kappa shape index (κ1) is 18.3. The average Bonchev–Trinajstić information content (AvgIpc) is 2.94. The number of aryl methyl sites for hydroxylation is 2. The third kappa shape index (κ3) is 3.55. The summed E-state index contributed by atoms with van der Waals surface area (Å²) in [5.74, 6) is -0.100. The number of carboxylic acids is 1. The van der Waals surface area contributed by atoms with E-state index in [0.29, 0.717) is 24.8 Å². The first-order valence-corrected chi connectivity index (χ1v) is 9.64. The number of hydrogen-bond donors (Lipinski definition) is 1. The summed E-state index contributed by atoms with van der Waals surface area (Å²) in [5, 5.41) is 9.55. The third-order valence-electron chi connectivity index (χ3n) is 4.38. The molecule has 1 N–H and O–H groups in total. The molecule has 5 nitrogen and oxygen atoms in total. The molecule has 0 saturated heterocycles. The maximum Gasteiger partial charge on any atom is 0.303 e. The lowest BCUT2D eigenvalue weighted by atomic mass is 10.0. The molecule has 0 radical (unpaired) electrons. The zero-order chi connectivity index (χ0) is 18.7. The zero-order valence-electron chi connectivity index (χ0n) is 15.0. The van der Waals surface area contributed by atoms with E-state index in [0.717, 1.165) is 33.1 Å². The molecular formula is C20H22N2O3S. The van der Waals surface area contributed by atoms with E-state index in [2.05, 4.69) is 0 Å². The second-order valence-electron chi connectivity index (χ2n) is 6.31. The highest BCUT2D eigenvalue weighted by atomic mass is 32.1. The Morgan fingerprint density at radius 2 is 2.00 bits per heavy atom. The second-order valence-corrected chi connectivity index (χ2v) is 7.51. The van der Waals surface area contributed by atoms with Crippen molar-refractivity contribution in [2.75, 3.05) is 0 Å². The Bertz CT molecular complexity index is 990. The molecule has 2 heterocycles. The molecule has 0 saturated carbocycles. The van der Waals surface area contributed by atoms with Gasteiger partial charge in [-0.25, -0.2) is 4.98 Å². The van der Waals surface area contributed by atoms with Crippen LogP contribution in [-0.4, -0.2) is 20.6 Å². The maximum absolute atomic E-state index is 13.3. The van der Waals surface area contributed by atoms with Crippen LogP contribution in [0.4, 0.5) is 0 Å². The van der Waals surface area contributed by atoms with Gasteiger partial charge in [0.2, 0.25) is 0 Å². The van der Waals surface area contributed by atoms with Crippen molar-refractivity contribution < 1.29 is 9.90 Å². The van der Waals surface area contributed by atoms with Gasteiger partial charge in [-0.3, -0.25) is 14.2 Å². The minimum atomic E-state index is -0.847. The number of carboxylic acid groups (broad SMARTS) is 1. The van der Waals surface area contributed by atoms with Crippen molar-refractivity contribution in [1.29, 1.82) is 0 Å². The Kier molecular flexibility index (Phi) is 5.52. The number of nitrogens with zero attached hydrogens (tertiary/aromatic N) is 2. The number of fused-ring (bicyclic) bond motifs is 1. The Labute approximate surface area is 155 Å². The summed E-state index contributed by atoms with van der Waals surface area (Å²) < 4.78 is 1.67. The lowest BCUT2D eigenvalue weighted by molar-refractivity contribution is -0.137. The summed E-state index contributed by atoms with van der Waals surface area (Å²) in [6.45, 7) is 4.45. The van der Waals surface area contributed by atoms with Crippen LogP contribution in [0.25, 0.3) is 21.3 Å². The summed E-state index contributed by atoms with van der Waals surface area (Å²) in [6.07, 6.45) is 2.05. The Hall–Kier alpha value is -2.47. The number of hydrogen-bond acceptors (Lipinski definition) is 4. The van der Waals surface area contributed by atoms with E-state index < -0.39 is 5.97 Å². The molecular weight excluding hydrogens is 348 g/mol. The van der Waals surface area contributed by atoms with Crippen molar-refractivity contribution in [3.05, 3.63) is 51.4 Å². The topological polar surface area (TPSA) is 72.2 Å². The number of aromatic nitrogens is 2. The van der Waals surface area contributed by atoms with Gasteiger partial charge in [-0.15, -0.1) is 11.3 Å². The minimum absolute atomic E-state index is 0.0459. The number of aliphatic carboxylic acids is 1. The molecule has 0 unspecified atom stereocenters. The molecule has 136 valence electrons. The van der Waals surface area contributed by atoms with Gasteiger partial charge >= 0.3 is 5.97 Å². The van der Waals surface area contributed by atoms with Gasteiger partial charge in [0.1, 0.15) is 10.7 Å². The summed E-state index contributed by atoms with van der Waals surface area (Å²) >= 11 is 1.55. The van der Waals surface area contributed by atoms with E-state index in [1.165, 1.54) is 0 Å².